The Morgan fingerprint density at radius 1 is 1.03 bits per heavy atom. The van der Waals surface area contributed by atoms with Crippen molar-refractivity contribution in [2.24, 2.45) is 0 Å². The van der Waals surface area contributed by atoms with E-state index in [0.717, 1.165) is 30.0 Å². The Bertz CT molecular complexity index is 1160. The maximum atomic E-state index is 13.8. The number of hydrogen-bond acceptors (Lipinski definition) is 3. The number of ether oxygens (including phenoxy) is 1. The molecule has 0 radical (unpaired) electrons. The van der Waals surface area contributed by atoms with Gasteiger partial charge in [0.05, 0.1) is 11.1 Å². The first-order chi connectivity index (χ1) is 14.6. The average molecular weight is 399 g/mol. The maximum Gasteiger partial charge on any atom is 0.343 e. The van der Waals surface area contributed by atoms with E-state index in [9.17, 15) is 9.18 Å². The highest BCUT2D eigenvalue weighted by atomic mass is 19.1. The van der Waals surface area contributed by atoms with Gasteiger partial charge in [0.25, 0.3) is 0 Å². The van der Waals surface area contributed by atoms with Gasteiger partial charge in [-0.1, -0.05) is 44.0 Å². The third-order valence-corrected chi connectivity index (χ3v) is 5.52. The lowest BCUT2D eigenvalue weighted by atomic mass is 10.00. The van der Waals surface area contributed by atoms with Crippen LogP contribution in [0, 0.1) is 17.1 Å². The molecule has 0 heterocycles. The monoisotopic (exact) mass is 399 g/mol. The topological polar surface area (TPSA) is 50.1 Å². The Kier molecular flexibility index (Phi) is 5.63. The second-order valence-electron chi connectivity index (χ2n) is 7.64. The van der Waals surface area contributed by atoms with Crippen LogP contribution in [0.5, 0.6) is 5.75 Å². The number of esters is 1. The largest absolute Gasteiger partial charge is 0.423 e. The second kappa shape index (κ2) is 8.51. The number of aryl methyl sites for hydroxylation is 1. The molecule has 0 fully saturated rings. The van der Waals surface area contributed by atoms with Gasteiger partial charge in [-0.05, 0) is 71.3 Å². The van der Waals surface area contributed by atoms with Crippen molar-refractivity contribution in [3.63, 3.8) is 0 Å². The third kappa shape index (κ3) is 3.97. The van der Waals surface area contributed by atoms with Crippen LogP contribution in [0.3, 0.4) is 0 Å². The van der Waals surface area contributed by atoms with Gasteiger partial charge in [0, 0.05) is 6.07 Å². The number of hydrogen-bond donors (Lipinski definition) is 0. The van der Waals surface area contributed by atoms with Crippen molar-refractivity contribution < 1.29 is 13.9 Å². The number of rotatable bonds is 6. The van der Waals surface area contributed by atoms with Gasteiger partial charge in [-0.15, -0.1) is 0 Å². The van der Waals surface area contributed by atoms with Crippen LogP contribution in [0.15, 0.2) is 54.6 Å². The third-order valence-electron chi connectivity index (χ3n) is 5.52. The molecule has 0 unspecified atom stereocenters. The molecule has 30 heavy (non-hydrogen) atoms. The van der Waals surface area contributed by atoms with Crippen LogP contribution in [0.25, 0.3) is 11.1 Å². The number of nitriles is 1. The fraction of sp³-hybridized carbons (Fsp3) is 0.231. The molecule has 0 saturated carbocycles. The van der Waals surface area contributed by atoms with Gasteiger partial charge in [0.1, 0.15) is 17.6 Å². The molecule has 0 spiro atoms. The van der Waals surface area contributed by atoms with Crippen LogP contribution in [-0.4, -0.2) is 5.97 Å². The van der Waals surface area contributed by atoms with Crippen molar-refractivity contribution in [1.82, 2.24) is 0 Å². The summed E-state index contributed by atoms with van der Waals surface area (Å²) in [5.41, 5.74) is 6.45. The summed E-state index contributed by atoms with van der Waals surface area (Å²) in [4.78, 5) is 12.5. The standard InChI is InChI=1S/C26H22FNO2/c1-2-3-4-5-17-6-10-23-20(12-17)14-21-13-18(8-11-24(21)23)26(29)30-22-9-7-19(16-28)25(27)15-22/h6-13,15H,2-5,14H2,1H3. The van der Waals surface area contributed by atoms with Crippen LogP contribution in [0.2, 0.25) is 0 Å². The van der Waals surface area contributed by atoms with Gasteiger partial charge in [-0.3, -0.25) is 0 Å². The van der Waals surface area contributed by atoms with Crippen molar-refractivity contribution in [2.75, 3.05) is 0 Å². The molecule has 4 rings (SSSR count). The summed E-state index contributed by atoms with van der Waals surface area (Å²) in [5.74, 6) is -1.17. The SMILES string of the molecule is CCCCCc1ccc2c(c1)Cc1cc(C(=O)Oc3ccc(C#N)c(F)c3)ccc1-2. The summed E-state index contributed by atoms with van der Waals surface area (Å²) < 4.78 is 19.1. The van der Waals surface area contributed by atoms with Gasteiger partial charge in [0.15, 0.2) is 0 Å². The number of unbranched alkanes of at least 4 members (excludes halogenated alkanes) is 2. The number of carbonyl (C=O) groups excluding carboxylic acids is 1. The molecule has 0 saturated heterocycles. The minimum absolute atomic E-state index is 0.0806. The summed E-state index contributed by atoms with van der Waals surface area (Å²) in [5, 5.41) is 8.81. The molecule has 0 aliphatic heterocycles. The van der Waals surface area contributed by atoms with Gasteiger partial charge >= 0.3 is 5.97 Å². The molecule has 0 amide bonds. The number of benzene rings is 3. The van der Waals surface area contributed by atoms with E-state index in [1.54, 1.807) is 12.1 Å². The highest BCUT2D eigenvalue weighted by Gasteiger charge is 2.21. The fourth-order valence-electron chi connectivity index (χ4n) is 3.94. The summed E-state index contributed by atoms with van der Waals surface area (Å²) in [6.07, 6.45) is 5.54. The fourth-order valence-corrected chi connectivity index (χ4v) is 3.94. The van der Waals surface area contributed by atoms with Crippen molar-refractivity contribution in [3.05, 3.63) is 88.2 Å². The first-order valence-electron chi connectivity index (χ1n) is 10.3. The summed E-state index contributed by atoms with van der Waals surface area (Å²) in [7, 11) is 0. The Morgan fingerprint density at radius 3 is 2.53 bits per heavy atom. The van der Waals surface area contributed by atoms with Crippen molar-refractivity contribution in [2.45, 2.75) is 39.0 Å². The normalized spacial score (nSPS) is 11.5. The molecule has 4 heteroatoms. The van der Waals surface area contributed by atoms with Crippen molar-refractivity contribution in [1.29, 1.82) is 5.26 Å². The number of halogens is 1. The molecule has 1 aliphatic rings. The van der Waals surface area contributed by atoms with E-state index in [1.807, 2.05) is 12.1 Å². The Hall–Kier alpha value is -3.45. The highest BCUT2D eigenvalue weighted by molar-refractivity contribution is 5.93. The smallest absolute Gasteiger partial charge is 0.343 e. The number of fused-ring (bicyclic) bond motifs is 3. The first kappa shape index (κ1) is 19.8. The minimum atomic E-state index is -0.707. The Labute approximate surface area is 175 Å². The Morgan fingerprint density at radius 2 is 1.80 bits per heavy atom. The van der Waals surface area contributed by atoms with Gasteiger partial charge in [-0.25, -0.2) is 9.18 Å². The zero-order valence-electron chi connectivity index (χ0n) is 16.9. The Balaban J connectivity index is 1.50. The van der Waals surface area contributed by atoms with Crippen LogP contribution in [0.4, 0.5) is 4.39 Å². The quantitative estimate of drug-likeness (QED) is 0.220. The molecule has 3 nitrogen and oxygen atoms in total. The predicted molar refractivity (Wildman–Crippen MR) is 114 cm³/mol. The first-order valence-corrected chi connectivity index (χ1v) is 10.3. The molecule has 3 aromatic carbocycles. The lowest BCUT2D eigenvalue weighted by Gasteiger charge is -2.07. The van der Waals surface area contributed by atoms with Crippen LogP contribution < -0.4 is 4.74 Å². The lowest BCUT2D eigenvalue weighted by Crippen LogP contribution is -2.09. The van der Waals surface area contributed by atoms with E-state index in [4.69, 9.17) is 10.00 Å². The van der Waals surface area contributed by atoms with E-state index < -0.39 is 11.8 Å². The zero-order valence-corrected chi connectivity index (χ0v) is 16.9. The minimum Gasteiger partial charge on any atom is -0.423 e. The number of nitrogens with zero attached hydrogens (tertiary/aromatic N) is 1. The van der Waals surface area contributed by atoms with Crippen molar-refractivity contribution in [3.8, 4) is 22.9 Å². The van der Waals surface area contributed by atoms with Gasteiger partial charge in [-0.2, -0.15) is 5.26 Å². The average Bonchev–Trinajstić information content (AvgIpc) is 3.11. The molecule has 3 aromatic rings. The molecule has 0 atom stereocenters. The van der Waals surface area contributed by atoms with Crippen LogP contribution in [0.1, 0.15) is 58.8 Å². The lowest BCUT2D eigenvalue weighted by molar-refractivity contribution is 0.0734. The van der Waals surface area contributed by atoms with Crippen LogP contribution in [-0.2, 0) is 12.8 Å². The molecule has 1 aliphatic carbocycles. The van der Waals surface area contributed by atoms with Crippen LogP contribution >= 0.6 is 0 Å². The number of carbonyl (C=O) groups is 1. The summed E-state index contributed by atoms with van der Waals surface area (Å²) >= 11 is 0. The van der Waals surface area contributed by atoms with E-state index in [0.29, 0.717) is 5.56 Å². The molecular formula is C26H22FNO2. The summed E-state index contributed by atoms with van der Waals surface area (Å²) in [6, 6.07) is 17.7. The zero-order chi connectivity index (χ0) is 21.1. The molecule has 0 N–H and O–H groups in total. The van der Waals surface area contributed by atoms with Crippen molar-refractivity contribution >= 4 is 5.97 Å². The van der Waals surface area contributed by atoms with E-state index >= 15 is 0 Å². The predicted octanol–water partition coefficient (Wildman–Crippen LogP) is 6.22. The highest BCUT2D eigenvalue weighted by Crippen LogP contribution is 2.37. The van der Waals surface area contributed by atoms with E-state index in [-0.39, 0.29) is 11.3 Å². The van der Waals surface area contributed by atoms with E-state index in [1.165, 1.54) is 48.1 Å². The second-order valence-corrected chi connectivity index (χ2v) is 7.64. The molecule has 150 valence electrons. The molecule has 0 aromatic heterocycles. The maximum absolute atomic E-state index is 13.8. The van der Waals surface area contributed by atoms with E-state index in [2.05, 4.69) is 25.1 Å². The van der Waals surface area contributed by atoms with Gasteiger partial charge < -0.3 is 4.74 Å². The molecular weight excluding hydrogens is 377 g/mol. The summed E-state index contributed by atoms with van der Waals surface area (Å²) in [6.45, 7) is 2.21. The molecule has 0 bridgehead atoms. The van der Waals surface area contributed by atoms with Gasteiger partial charge in [0.2, 0.25) is 0 Å².